The Kier molecular flexibility index (Phi) is 7.04. The molecule has 10 atom stereocenters. The van der Waals surface area contributed by atoms with Crippen molar-refractivity contribution in [2.24, 2.45) is 46.3 Å². The topological polar surface area (TPSA) is 66.8 Å². The van der Waals surface area contributed by atoms with E-state index in [2.05, 4.69) is 20.8 Å². The molecule has 0 saturated heterocycles. The molecule has 4 aliphatic carbocycles. The number of ether oxygens (including phenoxy) is 1. The van der Waals surface area contributed by atoms with Crippen LogP contribution in [0.5, 0.6) is 0 Å². The van der Waals surface area contributed by atoms with Crippen molar-refractivity contribution in [3.8, 4) is 0 Å². The molecule has 4 nitrogen and oxygen atoms in total. The van der Waals surface area contributed by atoms with Crippen molar-refractivity contribution in [2.45, 2.75) is 130 Å². The monoisotopic (exact) mass is 462 g/mol. The standard InChI is InChI=1S/C29H50O4/c1-18(8-7-13-27(3,4)32)22-9-10-23-21-17-26(31)25-16-20(33-19(2)30)11-14-29(25,6)24(21)12-15-28(22,23)5/h18,20-26,31-32H,7-17H2,1-6H3/t18?,20-,21-,22+,23-,24-,25?,26?,28+,29+/m0/s1. The third-order valence-electron chi connectivity index (χ3n) is 11.2. The third-order valence-corrected chi connectivity index (χ3v) is 11.2. The first-order valence-electron chi connectivity index (χ1n) is 13.9. The van der Waals surface area contributed by atoms with Crippen molar-refractivity contribution in [1.82, 2.24) is 0 Å². The van der Waals surface area contributed by atoms with Crippen LogP contribution in [0.3, 0.4) is 0 Å². The predicted molar refractivity (Wildman–Crippen MR) is 131 cm³/mol. The fourth-order valence-corrected chi connectivity index (χ4v) is 9.64. The van der Waals surface area contributed by atoms with E-state index < -0.39 is 5.60 Å². The zero-order valence-electron chi connectivity index (χ0n) is 22.1. The van der Waals surface area contributed by atoms with Crippen LogP contribution in [-0.4, -0.2) is 34.0 Å². The summed E-state index contributed by atoms with van der Waals surface area (Å²) in [7, 11) is 0. The summed E-state index contributed by atoms with van der Waals surface area (Å²) in [4.78, 5) is 11.5. The van der Waals surface area contributed by atoms with Crippen LogP contribution in [-0.2, 0) is 9.53 Å². The lowest BCUT2D eigenvalue weighted by Gasteiger charge is -2.62. The number of hydrogen-bond acceptors (Lipinski definition) is 4. The van der Waals surface area contributed by atoms with E-state index in [9.17, 15) is 15.0 Å². The van der Waals surface area contributed by atoms with Crippen LogP contribution in [0.2, 0.25) is 0 Å². The number of fused-ring (bicyclic) bond motifs is 5. The predicted octanol–water partition coefficient (Wildman–Crippen LogP) is 6.13. The van der Waals surface area contributed by atoms with Gasteiger partial charge in [0.1, 0.15) is 6.10 Å². The number of esters is 1. The Morgan fingerprint density at radius 1 is 1.03 bits per heavy atom. The number of hydrogen-bond donors (Lipinski definition) is 2. The molecule has 190 valence electrons. The summed E-state index contributed by atoms with van der Waals surface area (Å²) in [6, 6.07) is 0. The SMILES string of the molecule is CC(=O)O[C@H]1CC[C@@]2(C)C(C1)C(O)C[C@H]1[C@@H]3CC[C@H](C(C)CCCC(C)(C)O)[C@@]3(C)CC[C@@H]12. The van der Waals surface area contributed by atoms with Crippen LogP contribution in [0.1, 0.15) is 112 Å². The van der Waals surface area contributed by atoms with Gasteiger partial charge < -0.3 is 14.9 Å². The molecule has 4 saturated carbocycles. The molecular formula is C29H50O4. The first-order valence-corrected chi connectivity index (χ1v) is 13.9. The van der Waals surface area contributed by atoms with Gasteiger partial charge in [0.25, 0.3) is 0 Å². The summed E-state index contributed by atoms with van der Waals surface area (Å²) in [5.74, 6) is 3.62. The Morgan fingerprint density at radius 2 is 1.70 bits per heavy atom. The maximum Gasteiger partial charge on any atom is 0.302 e. The molecule has 4 rings (SSSR count). The molecule has 4 fully saturated rings. The fraction of sp³-hybridized carbons (Fsp3) is 0.966. The van der Waals surface area contributed by atoms with E-state index in [1.165, 1.54) is 39.0 Å². The summed E-state index contributed by atoms with van der Waals surface area (Å²) in [5.41, 5.74) is 0.0163. The normalized spacial score (nSPS) is 46.1. The lowest BCUT2D eigenvalue weighted by molar-refractivity contribution is -0.182. The van der Waals surface area contributed by atoms with Gasteiger partial charge in [-0.2, -0.15) is 0 Å². The zero-order chi connectivity index (χ0) is 24.2. The maximum atomic E-state index is 11.5. The molecule has 0 aromatic heterocycles. The molecule has 2 N–H and O–H groups in total. The molecule has 0 radical (unpaired) electrons. The van der Waals surface area contributed by atoms with Gasteiger partial charge in [-0.3, -0.25) is 4.79 Å². The minimum absolute atomic E-state index is 0.0127. The molecule has 4 aliphatic rings. The van der Waals surface area contributed by atoms with Gasteiger partial charge in [-0.25, -0.2) is 0 Å². The van der Waals surface area contributed by atoms with Crippen molar-refractivity contribution in [3.63, 3.8) is 0 Å². The van der Waals surface area contributed by atoms with Gasteiger partial charge in [-0.05, 0) is 118 Å². The average Bonchev–Trinajstić information content (AvgIpc) is 3.05. The first-order chi connectivity index (χ1) is 15.3. The smallest absolute Gasteiger partial charge is 0.302 e. The van der Waals surface area contributed by atoms with Crippen molar-refractivity contribution in [2.75, 3.05) is 0 Å². The van der Waals surface area contributed by atoms with Gasteiger partial charge in [-0.15, -0.1) is 0 Å². The Labute approximate surface area is 202 Å². The number of aliphatic hydroxyl groups excluding tert-OH is 1. The summed E-state index contributed by atoms with van der Waals surface area (Å²) in [6.45, 7) is 12.8. The zero-order valence-corrected chi connectivity index (χ0v) is 22.1. The molecule has 0 amide bonds. The average molecular weight is 463 g/mol. The second-order valence-electron chi connectivity index (χ2n) is 13.7. The molecule has 0 spiro atoms. The largest absolute Gasteiger partial charge is 0.463 e. The molecule has 0 heterocycles. The van der Waals surface area contributed by atoms with Crippen LogP contribution >= 0.6 is 0 Å². The highest BCUT2D eigenvalue weighted by Gasteiger charge is 2.62. The molecule has 33 heavy (non-hydrogen) atoms. The fourth-order valence-electron chi connectivity index (χ4n) is 9.64. The van der Waals surface area contributed by atoms with Gasteiger partial charge in [-0.1, -0.05) is 33.6 Å². The van der Waals surface area contributed by atoms with Crippen LogP contribution in [0.15, 0.2) is 0 Å². The number of carbonyl (C=O) groups is 1. The third kappa shape index (κ3) is 4.77. The van der Waals surface area contributed by atoms with E-state index in [1.54, 1.807) is 0 Å². The highest BCUT2D eigenvalue weighted by molar-refractivity contribution is 5.66. The second-order valence-corrected chi connectivity index (χ2v) is 13.7. The maximum absolute atomic E-state index is 11.5. The quantitative estimate of drug-likeness (QED) is 0.466. The van der Waals surface area contributed by atoms with Gasteiger partial charge in [0.05, 0.1) is 11.7 Å². The molecule has 4 heteroatoms. The lowest BCUT2D eigenvalue weighted by atomic mass is 9.43. The summed E-state index contributed by atoms with van der Waals surface area (Å²) in [6.07, 6.45) is 12.0. The van der Waals surface area contributed by atoms with Gasteiger partial charge in [0, 0.05) is 6.92 Å². The molecular weight excluding hydrogens is 412 g/mol. The van der Waals surface area contributed by atoms with Crippen LogP contribution in [0, 0.1) is 46.3 Å². The Bertz CT molecular complexity index is 713. The molecule has 0 aromatic rings. The van der Waals surface area contributed by atoms with Crippen molar-refractivity contribution in [1.29, 1.82) is 0 Å². The summed E-state index contributed by atoms with van der Waals surface area (Å²) >= 11 is 0. The van der Waals surface area contributed by atoms with Crippen LogP contribution < -0.4 is 0 Å². The highest BCUT2D eigenvalue weighted by Crippen LogP contribution is 2.68. The van der Waals surface area contributed by atoms with Crippen molar-refractivity contribution in [3.05, 3.63) is 0 Å². The highest BCUT2D eigenvalue weighted by atomic mass is 16.5. The molecule has 3 unspecified atom stereocenters. The Balaban J connectivity index is 1.46. The van der Waals surface area contributed by atoms with Gasteiger partial charge in [0.15, 0.2) is 0 Å². The van der Waals surface area contributed by atoms with Crippen molar-refractivity contribution < 1.29 is 19.7 Å². The van der Waals surface area contributed by atoms with Gasteiger partial charge >= 0.3 is 5.97 Å². The molecule has 0 aliphatic heterocycles. The Morgan fingerprint density at radius 3 is 2.36 bits per heavy atom. The van der Waals surface area contributed by atoms with E-state index >= 15 is 0 Å². The second kappa shape index (κ2) is 9.12. The number of rotatable bonds is 6. The first kappa shape index (κ1) is 25.5. The van der Waals surface area contributed by atoms with E-state index in [0.29, 0.717) is 23.2 Å². The minimum atomic E-state index is -0.557. The van der Waals surface area contributed by atoms with Gasteiger partial charge in [0.2, 0.25) is 0 Å². The van der Waals surface area contributed by atoms with E-state index in [1.807, 2.05) is 13.8 Å². The lowest BCUT2D eigenvalue weighted by Crippen LogP contribution is -2.58. The molecule has 0 bridgehead atoms. The minimum Gasteiger partial charge on any atom is -0.463 e. The van der Waals surface area contributed by atoms with E-state index in [-0.39, 0.29) is 29.5 Å². The van der Waals surface area contributed by atoms with Crippen LogP contribution in [0.25, 0.3) is 0 Å². The molecule has 0 aromatic carbocycles. The number of aliphatic hydroxyl groups is 2. The number of carbonyl (C=O) groups excluding carboxylic acids is 1. The summed E-state index contributed by atoms with van der Waals surface area (Å²) < 4.78 is 5.58. The van der Waals surface area contributed by atoms with Crippen LogP contribution in [0.4, 0.5) is 0 Å². The van der Waals surface area contributed by atoms with E-state index in [0.717, 1.165) is 50.4 Å². The van der Waals surface area contributed by atoms with Crippen molar-refractivity contribution >= 4 is 5.97 Å². The summed E-state index contributed by atoms with van der Waals surface area (Å²) in [5, 5.41) is 21.5. The van der Waals surface area contributed by atoms with E-state index in [4.69, 9.17) is 4.74 Å². The Hall–Kier alpha value is -0.610.